The fourth-order valence-electron chi connectivity index (χ4n) is 12.0. The van der Waals surface area contributed by atoms with Crippen molar-refractivity contribution in [2.24, 2.45) is 52.3 Å². The van der Waals surface area contributed by atoms with E-state index in [0.29, 0.717) is 53.9 Å². The Morgan fingerprint density at radius 2 is 1.65 bits per heavy atom. The quantitative estimate of drug-likeness (QED) is 0.317. The fourth-order valence-corrected chi connectivity index (χ4v) is 12.0. The van der Waals surface area contributed by atoms with Crippen molar-refractivity contribution >= 4 is 5.97 Å². The second-order valence-electron chi connectivity index (χ2n) is 15.5. The standard InChI is InChI=1S/C35H52O5/c1-5-23-29-16-22(36)12-14-34(29,4)28-13-15-33(3)26(10-11-27(33)30(28)31(23)37)20(2)17-35(40)18-21(19-35)24-8-6-7-9-25(24)32(38)39/h6-9,20-23,26-31,36-37,40H,5,10-19H2,1-4H3,(H,38,39)/t20-,21?,22-,23-,26?,27?,28?,29+,30?,31-,33-,34-,35?/m1/s1. The second kappa shape index (κ2) is 10.1. The van der Waals surface area contributed by atoms with Crippen LogP contribution in [0.25, 0.3) is 0 Å². The summed E-state index contributed by atoms with van der Waals surface area (Å²) in [6.07, 6.45) is 10.1. The van der Waals surface area contributed by atoms with Crippen LogP contribution in [0.4, 0.5) is 0 Å². The van der Waals surface area contributed by atoms with Gasteiger partial charge >= 0.3 is 5.97 Å². The van der Waals surface area contributed by atoms with Crippen LogP contribution >= 0.6 is 0 Å². The summed E-state index contributed by atoms with van der Waals surface area (Å²) in [5.41, 5.74) is 0.912. The zero-order valence-corrected chi connectivity index (χ0v) is 25.1. The van der Waals surface area contributed by atoms with Gasteiger partial charge in [0.2, 0.25) is 0 Å². The maximum atomic E-state index is 12.0. The van der Waals surface area contributed by atoms with Gasteiger partial charge in [0.1, 0.15) is 0 Å². The lowest BCUT2D eigenvalue weighted by Gasteiger charge is -2.64. The van der Waals surface area contributed by atoms with Crippen molar-refractivity contribution in [3.63, 3.8) is 0 Å². The van der Waals surface area contributed by atoms with Crippen molar-refractivity contribution in [1.29, 1.82) is 0 Å². The maximum Gasteiger partial charge on any atom is 0.335 e. The number of hydrogen-bond acceptors (Lipinski definition) is 4. The summed E-state index contributed by atoms with van der Waals surface area (Å²) >= 11 is 0. The molecule has 5 saturated carbocycles. The summed E-state index contributed by atoms with van der Waals surface area (Å²) in [4.78, 5) is 11.7. The van der Waals surface area contributed by atoms with Crippen molar-refractivity contribution in [2.45, 2.75) is 122 Å². The number of aliphatic hydroxyl groups excluding tert-OH is 2. The second-order valence-corrected chi connectivity index (χ2v) is 15.5. The number of benzene rings is 1. The maximum absolute atomic E-state index is 12.0. The molecule has 0 radical (unpaired) electrons. The minimum absolute atomic E-state index is 0.109. The Balaban J connectivity index is 1.17. The first-order valence-electron chi connectivity index (χ1n) is 16.3. The average Bonchev–Trinajstić information content (AvgIpc) is 3.25. The highest BCUT2D eigenvalue weighted by molar-refractivity contribution is 5.89. The van der Waals surface area contributed by atoms with Gasteiger partial charge in [0.05, 0.1) is 23.4 Å². The summed E-state index contributed by atoms with van der Waals surface area (Å²) in [6.45, 7) is 9.58. The molecule has 0 spiro atoms. The van der Waals surface area contributed by atoms with Crippen LogP contribution in [0.15, 0.2) is 24.3 Å². The first kappa shape index (κ1) is 28.7. The molecule has 0 bridgehead atoms. The predicted octanol–water partition coefficient (Wildman–Crippen LogP) is 6.65. The summed E-state index contributed by atoms with van der Waals surface area (Å²) < 4.78 is 0. The number of hydrogen-bond donors (Lipinski definition) is 4. The minimum atomic E-state index is -0.889. The highest BCUT2D eigenvalue weighted by Gasteiger charge is 2.65. The molecule has 0 aromatic heterocycles. The Morgan fingerprint density at radius 3 is 2.35 bits per heavy atom. The van der Waals surface area contributed by atoms with Gasteiger partial charge in [0.15, 0.2) is 0 Å². The number of aromatic carboxylic acids is 1. The Kier molecular flexibility index (Phi) is 7.23. The molecule has 11 atom stereocenters. The third kappa shape index (κ3) is 4.31. The zero-order chi connectivity index (χ0) is 28.6. The molecule has 5 nitrogen and oxygen atoms in total. The van der Waals surface area contributed by atoms with Crippen LogP contribution in [0.1, 0.15) is 120 Å². The Morgan fingerprint density at radius 1 is 0.975 bits per heavy atom. The lowest BCUT2D eigenvalue weighted by Crippen LogP contribution is -2.62. The zero-order valence-electron chi connectivity index (χ0n) is 25.1. The number of fused-ring (bicyclic) bond motifs is 5. The van der Waals surface area contributed by atoms with E-state index < -0.39 is 11.6 Å². The van der Waals surface area contributed by atoms with Crippen molar-refractivity contribution < 1.29 is 25.2 Å². The van der Waals surface area contributed by atoms with Gasteiger partial charge in [-0.1, -0.05) is 52.3 Å². The van der Waals surface area contributed by atoms with E-state index in [4.69, 9.17) is 0 Å². The number of aliphatic hydroxyl groups is 3. The van der Waals surface area contributed by atoms with Crippen LogP contribution in [-0.4, -0.2) is 44.2 Å². The molecule has 0 aliphatic heterocycles. The van der Waals surface area contributed by atoms with E-state index in [1.165, 1.54) is 25.7 Å². The van der Waals surface area contributed by atoms with E-state index in [2.05, 4.69) is 27.7 Å². The van der Waals surface area contributed by atoms with Crippen LogP contribution in [-0.2, 0) is 0 Å². The largest absolute Gasteiger partial charge is 0.478 e. The van der Waals surface area contributed by atoms with Crippen molar-refractivity contribution in [3.8, 4) is 0 Å². The van der Waals surface area contributed by atoms with E-state index in [0.717, 1.165) is 37.7 Å². The molecule has 222 valence electrons. The highest BCUT2D eigenvalue weighted by atomic mass is 16.4. The van der Waals surface area contributed by atoms with E-state index in [1.807, 2.05) is 12.1 Å². The first-order valence-corrected chi connectivity index (χ1v) is 16.3. The van der Waals surface area contributed by atoms with Crippen LogP contribution in [0.3, 0.4) is 0 Å². The predicted molar refractivity (Wildman–Crippen MR) is 156 cm³/mol. The molecule has 5 heteroatoms. The lowest BCUT2D eigenvalue weighted by atomic mass is 9.41. The van der Waals surface area contributed by atoms with Gasteiger partial charge in [-0.25, -0.2) is 4.79 Å². The fraction of sp³-hybridized carbons (Fsp3) is 0.800. The van der Waals surface area contributed by atoms with Gasteiger partial charge in [-0.3, -0.25) is 0 Å². The summed E-state index contributed by atoms with van der Waals surface area (Å²) in [5.74, 6) is 2.27. The van der Waals surface area contributed by atoms with Gasteiger partial charge in [0, 0.05) is 0 Å². The van der Waals surface area contributed by atoms with Crippen LogP contribution in [0.5, 0.6) is 0 Å². The molecule has 1 aromatic rings. The van der Waals surface area contributed by atoms with Gasteiger partial charge < -0.3 is 20.4 Å². The highest BCUT2D eigenvalue weighted by Crippen LogP contribution is 2.70. The first-order chi connectivity index (χ1) is 18.9. The Labute approximate surface area is 240 Å². The molecule has 40 heavy (non-hydrogen) atoms. The van der Waals surface area contributed by atoms with Crippen LogP contribution in [0.2, 0.25) is 0 Å². The third-order valence-corrected chi connectivity index (χ3v) is 13.7. The molecule has 5 aliphatic carbocycles. The molecule has 1 aromatic carbocycles. The number of rotatable bonds is 6. The van der Waals surface area contributed by atoms with Crippen LogP contribution < -0.4 is 0 Å². The number of carboxylic acids is 1. The van der Waals surface area contributed by atoms with Crippen molar-refractivity contribution in [1.82, 2.24) is 0 Å². The van der Waals surface area contributed by atoms with Crippen LogP contribution in [0, 0.1) is 52.3 Å². The topological polar surface area (TPSA) is 98.0 Å². The monoisotopic (exact) mass is 552 g/mol. The van der Waals surface area contributed by atoms with Crippen molar-refractivity contribution in [3.05, 3.63) is 35.4 Å². The average molecular weight is 553 g/mol. The molecular weight excluding hydrogens is 500 g/mol. The summed E-state index contributed by atoms with van der Waals surface area (Å²) in [5, 5.41) is 43.7. The smallest absolute Gasteiger partial charge is 0.335 e. The summed E-state index contributed by atoms with van der Waals surface area (Å²) in [7, 11) is 0. The lowest BCUT2D eigenvalue weighted by molar-refractivity contribution is -0.204. The summed E-state index contributed by atoms with van der Waals surface area (Å²) in [6, 6.07) is 7.26. The molecule has 0 heterocycles. The van der Waals surface area contributed by atoms with Gasteiger partial charge in [0.25, 0.3) is 0 Å². The third-order valence-electron chi connectivity index (χ3n) is 13.7. The molecule has 4 unspecified atom stereocenters. The molecule has 0 saturated heterocycles. The minimum Gasteiger partial charge on any atom is -0.478 e. The molecule has 5 fully saturated rings. The normalized spacial score (nSPS) is 48.8. The molecule has 4 N–H and O–H groups in total. The van der Waals surface area contributed by atoms with E-state index >= 15 is 0 Å². The van der Waals surface area contributed by atoms with Gasteiger partial charge in [-0.05, 0) is 134 Å². The Bertz CT molecular complexity index is 1110. The van der Waals surface area contributed by atoms with E-state index in [9.17, 15) is 25.2 Å². The van der Waals surface area contributed by atoms with E-state index in [-0.39, 0.29) is 34.9 Å². The molecular formula is C35H52O5. The number of carboxylic acid groups (broad SMARTS) is 1. The molecule has 6 rings (SSSR count). The van der Waals surface area contributed by atoms with E-state index in [1.54, 1.807) is 12.1 Å². The molecule has 0 amide bonds. The SMILES string of the molecule is CC[C@H]1[C@@H](O)C2C3CCC([C@H](C)CC4(O)CC(c5ccccc5C(=O)O)C4)[C@@]3(C)CCC2[C@@]2(C)CC[C@@H](O)C[C@@H]12. The molecule has 5 aliphatic rings. The Hall–Kier alpha value is -1.43. The van der Waals surface area contributed by atoms with Crippen molar-refractivity contribution in [2.75, 3.05) is 0 Å². The number of carbonyl (C=O) groups is 1. The van der Waals surface area contributed by atoms with Gasteiger partial charge in [-0.2, -0.15) is 0 Å². The van der Waals surface area contributed by atoms with Gasteiger partial charge in [-0.15, -0.1) is 0 Å².